The number of carboxylic acids is 1. The highest BCUT2D eigenvalue weighted by Gasteiger charge is 2.23. The van der Waals surface area contributed by atoms with Crippen LogP contribution in [-0.4, -0.2) is 35.5 Å². The van der Waals surface area contributed by atoms with Gasteiger partial charge in [0.25, 0.3) is 5.91 Å². The van der Waals surface area contributed by atoms with E-state index in [0.717, 1.165) is 5.56 Å². The third-order valence-corrected chi connectivity index (χ3v) is 5.38. The number of amidine groups is 1. The zero-order valence-corrected chi connectivity index (χ0v) is 21.3. The number of ether oxygens (including phenoxy) is 2. The van der Waals surface area contributed by atoms with E-state index in [1.807, 2.05) is 44.5 Å². The van der Waals surface area contributed by atoms with Crippen molar-refractivity contribution in [1.29, 1.82) is 5.41 Å². The van der Waals surface area contributed by atoms with Crippen molar-refractivity contribution in [3.05, 3.63) is 77.1 Å². The van der Waals surface area contributed by atoms with E-state index in [2.05, 4.69) is 10.6 Å². The van der Waals surface area contributed by atoms with E-state index in [9.17, 15) is 9.59 Å². The van der Waals surface area contributed by atoms with Crippen LogP contribution in [0.3, 0.4) is 0 Å². The summed E-state index contributed by atoms with van der Waals surface area (Å²) in [7, 11) is 1.82. The fraction of sp³-hybridized carbons (Fsp3) is 0.259. The van der Waals surface area contributed by atoms with Gasteiger partial charge in [-0.25, -0.2) is 9.36 Å². The van der Waals surface area contributed by atoms with Crippen LogP contribution in [0.25, 0.3) is 0 Å². The molecule has 0 radical (unpaired) electrons. The molecule has 6 N–H and O–H groups in total. The van der Waals surface area contributed by atoms with Gasteiger partial charge in [0.05, 0.1) is 11.7 Å². The molecule has 0 aliphatic heterocycles. The average Bonchev–Trinajstić information content (AvgIpc) is 2.83. The maximum Gasteiger partial charge on any atom is 0.341 e. The predicted octanol–water partition coefficient (Wildman–Crippen LogP) is 3.22. The summed E-state index contributed by atoms with van der Waals surface area (Å²) in [6.07, 6.45) is 1.66. The first kappa shape index (κ1) is 27.0. The van der Waals surface area contributed by atoms with Crippen LogP contribution in [0.15, 0.2) is 54.7 Å². The summed E-state index contributed by atoms with van der Waals surface area (Å²) in [6, 6.07) is 13.9. The number of pyridine rings is 1. The van der Waals surface area contributed by atoms with Crippen LogP contribution >= 0.6 is 0 Å². The van der Waals surface area contributed by atoms with Crippen LogP contribution in [0, 0.1) is 12.3 Å². The van der Waals surface area contributed by atoms with Gasteiger partial charge in [-0.1, -0.05) is 11.6 Å². The first-order chi connectivity index (χ1) is 17.5. The molecule has 10 heteroatoms. The number of nitrogens with two attached hydrogens (primary N) is 1. The number of benzene rings is 2. The van der Waals surface area contributed by atoms with Crippen molar-refractivity contribution < 1.29 is 28.7 Å². The molecule has 0 fully saturated rings. The highest BCUT2D eigenvalue weighted by molar-refractivity contribution is 6.08. The van der Waals surface area contributed by atoms with Gasteiger partial charge < -0.3 is 30.9 Å². The summed E-state index contributed by atoms with van der Waals surface area (Å²) in [5.74, 6) is -0.717. The van der Waals surface area contributed by atoms with Gasteiger partial charge in [0.2, 0.25) is 11.4 Å². The highest BCUT2D eigenvalue weighted by Crippen LogP contribution is 2.31. The third kappa shape index (κ3) is 7.20. The van der Waals surface area contributed by atoms with Gasteiger partial charge in [0.15, 0.2) is 18.6 Å². The number of nitrogen functional groups attached to an aromatic ring is 1. The van der Waals surface area contributed by atoms with Crippen LogP contribution in [-0.2, 0) is 18.4 Å². The Kier molecular flexibility index (Phi) is 8.68. The number of aliphatic carboxylic acids is 1. The molecule has 0 unspecified atom stereocenters. The summed E-state index contributed by atoms with van der Waals surface area (Å²) in [4.78, 5) is 24.4. The van der Waals surface area contributed by atoms with Gasteiger partial charge in [-0.15, -0.1) is 0 Å². The maximum absolute atomic E-state index is 13.2. The van der Waals surface area contributed by atoms with Crippen LogP contribution in [0.5, 0.6) is 11.5 Å². The number of amides is 1. The number of carboxylic acid groups (broad SMARTS) is 1. The lowest BCUT2D eigenvalue weighted by Gasteiger charge is -2.17. The molecule has 0 spiro atoms. The van der Waals surface area contributed by atoms with Gasteiger partial charge >= 0.3 is 5.97 Å². The summed E-state index contributed by atoms with van der Waals surface area (Å²) in [6.45, 7) is 5.35. The Bertz CT molecular complexity index is 1310. The van der Waals surface area contributed by atoms with Crippen molar-refractivity contribution in [2.45, 2.75) is 33.4 Å². The van der Waals surface area contributed by atoms with Gasteiger partial charge in [-0.3, -0.25) is 10.2 Å². The Morgan fingerprint density at radius 2 is 1.84 bits per heavy atom. The molecule has 3 rings (SSSR count). The molecule has 194 valence electrons. The largest absolute Gasteiger partial charge is 0.487 e. The molecule has 0 atom stereocenters. The SMILES string of the molecule is Cc1ccc(NCc2c(OCC(=O)O)c(OC(C)C)cc[n+]2C)c(C(=O)Nc2ccc(C(=N)N)cc2)c1. The van der Waals surface area contributed by atoms with E-state index in [1.54, 1.807) is 42.6 Å². The predicted molar refractivity (Wildman–Crippen MR) is 140 cm³/mol. The molecular weight excluding hydrogens is 474 g/mol. The van der Waals surface area contributed by atoms with E-state index in [1.165, 1.54) is 0 Å². The number of nitrogens with one attached hydrogen (secondary N) is 3. The van der Waals surface area contributed by atoms with Crippen molar-refractivity contribution in [3.63, 3.8) is 0 Å². The second kappa shape index (κ2) is 11.9. The summed E-state index contributed by atoms with van der Waals surface area (Å²) in [5.41, 5.74) is 9.20. The molecule has 0 aliphatic rings. The minimum absolute atomic E-state index is 0.0502. The smallest absolute Gasteiger partial charge is 0.341 e. The summed E-state index contributed by atoms with van der Waals surface area (Å²) in [5, 5.41) is 22.8. The zero-order chi connectivity index (χ0) is 27.1. The molecule has 2 aromatic carbocycles. The number of anilines is 2. The molecule has 3 aromatic rings. The Morgan fingerprint density at radius 1 is 1.14 bits per heavy atom. The monoisotopic (exact) mass is 506 g/mol. The quantitative estimate of drug-likeness (QED) is 0.152. The number of carbonyl (C=O) groups excluding carboxylic acids is 1. The van der Waals surface area contributed by atoms with Crippen LogP contribution < -0.4 is 30.4 Å². The standard InChI is InChI=1S/C27H31N5O5/c1-16(2)37-23-11-12-32(4)22(25(23)36-15-24(33)34)14-30-21-10-5-17(3)13-20(21)27(35)31-19-8-6-18(7-9-19)26(28)29/h5-13,16H,14-15H2,1-4H3,(H5-,28,29,30,31,33,34,35)/p+1. The lowest BCUT2D eigenvalue weighted by Crippen LogP contribution is -2.35. The van der Waals surface area contributed by atoms with Gasteiger partial charge in [-0.2, -0.15) is 0 Å². The summed E-state index contributed by atoms with van der Waals surface area (Å²) >= 11 is 0. The number of aryl methyl sites for hydroxylation is 2. The van der Waals surface area contributed by atoms with E-state index in [4.69, 9.17) is 25.7 Å². The molecule has 37 heavy (non-hydrogen) atoms. The fourth-order valence-corrected chi connectivity index (χ4v) is 3.60. The van der Waals surface area contributed by atoms with E-state index in [0.29, 0.717) is 39.7 Å². The summed E-state index contributed by atoms with van der Waals surface area (Å²) < 4.78 is 13.3. The van der Waals surface area contributed by atoms with Crippen molar-refractivity contribution in [2.75, 3.05) is 17.2 Å². The molecule has 0 aliphatic carbocycles. The number of hydrogen-bond donors (Lipinski definition) is 5. The van der Waals surface area contributed by atoms with Crippen LogP contribution in [0.1, 0.15) is 41.0 Å². The number of nitrogens with zero attached hydrogens (tertiary/aromatic N) is 1. The van der Waals surface area contributed by atoms with E-state index in [-0.39, 0.29) is 24.4 Å². The third-order valence-electron chi connectivity index (χ3n) is 5.38. The van der Waals surface area contributed by atoms with Gasteiger partial charge in [0.1, 0.15) is 19.4 Å². The minimum atomic E-state index is -1.10. The molecule has 0 saturated carbocycles. The Balaban J connectivity index is 1.88. The Morgan fingerprint density at radius 3 is 2.46 bits per heavy atom. The lowest BCUT2D eigenvalue weighted by atomic mass is 10.1. The van der Waals surface area contributed by atoms with E-state index >= 15 is 0 Å². The number of carbonyl (C=O) groups is 2. The Hall–Kier alpha value is -4.60. The van der Waals surface area contributed by atoms with Crippen molar-refractivity contribution in [3.8, 4) is 11.5 Å². The second-order valence-corrected chi connectivity index (χ2v) is 8.76. The molecule has 1 aromatic heterocycles. The van der Waals surface area contributed by atoms with Crippen molar-refractivity contribution >= 4 is 29.1 Å². The first-order valence-corrected chi connectivity index (χ1v) is 11.7. The van der Waals surface area contributed by atoms with Crippen LogP contribution in [0.4, 0.5) is 11.4 Å². The second-order valence-electron chi connectivity index (χ2n) is 8.76. The highest BCUT2D eigenvalue weighted by atomic mass is 16.5. The number of hydrogen-bond acceptors (Lipinski definition) is 6. The normalized spacial score (nSPS) is 10.6. The first-order valence-electron chi connectivity index (χ1n) is 11.7. The van der Waals surface area contributed by atoms with Crippen LogP contribution in [0.2, 0.25) is 0 Å². The maximum atomic E-state index is 13.2. The van der Waals surface area contributed by atoms with Crippen molar-refractivity contribution in [1.82, 2.24) is 0 Å². The van der Waals surface area contributed by atoms with Gasteiger partial charge in [-0.05, 0) is 57.2 Å². The molecule has 0 bridgehead atoms. The molecule has 1 heterocycles. The van der Waals surface area contributed by atoms with Crippen molar-refractivity contribution in [2.24, 2.45) is 12.8 Å². The molecular formula is C27H32N5O5+. The zero-order valence-electron chi connectivity index (χ0n) is 21.3. The molecule has 10 nitrogen and oxygen atoms in total. The molecule has 1 amide bonds. The topological polar surface area (TPSA) is 151 Å². The average molecular weight is 507 g/mol. The minimum Gasteiger partial charge on any atom is -0.487 e. The van der Waals surface area contributed by atoms with E-state index < -0.39 is 12.6 Å². The number of rotatable bonds is 11. The lowest BCUT2D eigenvalue weighted by molar-refractivity contribution is -0.679. The fourth-order valence-electron chi connectivity index (χ4n) is 3.60. The number of aromatic nitrogens is 1. The Labute approximate surface area is 215 Å². The van der Waals surface area contributed by atoms with Gasteiger partial charge in [0, 0.05) is 23.0 Å². The molecule has 0 saturated heterocycles.